The summed E-state index contributed by atoms with van der Waals surface area (Å²) in [6.07, 6.45) is 0. The number of hydrogen-bond acceptors (Lipinski definition) is 2. The smallest absolute Gasteiger partial charge is 2.00 e. The third kappa shape index (κ3) is 423. The largest absolute Gasteiger partial charge is 2.00 e. The van der Waals surface area contributed by atoms with Gasteiger partial charge < -0.3 is 34.8 Å². The van der Waals surface area contributed by atoms with E-state index in [-0.39, 0.29) is 93.4 Å². The van der Waals surface area contributed by atoms with Crippen LogP contribution in [0.25, 0.3) is 0 Å². The monoisotopic (exact) mass is 315 g/mol. The third-order valence-corrected chi connectivity index (χ3v) is 0. The Morgan fingerprint density at radius 1 is 0.667 bits per heavy atom. The van der Waals surface area contributed by atoms with Gasteiger partial charge in [0.25, 0.3) is 0 Å². The summed E-state index contributed by atoms with van der Waals surface area (Å²) in [7, 11) is -9.28. The first-order chi connectivity index (χ1) is 4.00. The standard InChI is InChI=1S/Al.3Mg.2H3O4P.O.3H/c;;;;2*1-5(2,3)4;;;;/h;;;;2*(H3,1,2,3,4);;;;/q;3*+2;;;-2;;;/p+1. The van der Waals surface area contributed by atoms with Gasteiger partial charge in [0.15, 0.2) is 17.4 Å². The summed E-state index contributed by atoms with van der Waals surface area (Å²) < 4.78 is 17.8. The fourth-order valence-electron chi connectivity index (χ4n) is 0. The van der Waals surface area contributed by atoms with E-state index in [4.69, 9.17) is 38.5 Å². The van der Waals surface area contributed by atoms with Crippen LogP contribution in [0, 0.1) is 0 Å². The van der Waals surface area contributed by atoms with E-state index in [1.807, 2.05) is 0 Å². The minimum absolute atomic E-state index is 0. The van der Waals surface area contributed by atoms with Gasteiger partial charge in [0, 0.05) is 0 Å². The van der Waals surface area contributed by atoms with Gasteiger partial charge in [-0.25, -0.2) is 9.13 Å². The first kappa shape index (κ1) is 43.0. The zero-order valence-corrected chi connectivity index (χ0v) is 13.0. The van der Waals surface area contributed by atoms with Crippen LogP contribution in [0.15, 0.2) is 0 Å². The molecule has 0 heterocycles. The van der Waals surface area contributed by atoms with Crippen LogP contribution in [0.1, 0.15) is 1.43 Å². The normalized spacial score (nSPS) is 7.87. The number of rotatable bonds is 0. The van der Waals surface area contributed by atoms with E-state index in [2.05, 4.69) is 0 Å². The van der Waals surface area contributed by atoms with Crippen molar-refractivity contribution in [2.75, 3.05) is 0 Å². The maximum absolute atomic E-state index is 8.88. The average Bonchev–Trinajstić information content (AvgIpc) is 1.12. The van der Waals surface area contributed by atoms with Gasteiger partial charge in [-0.3, -0.25) is 0 Å². The SMILES string of the molecule is O=P(O)(O)O.O=P(O)(O)O.[AlH3].[H+].[Mg+2].[Mg+2].[Mg+2].[O-2]. The molecule has 0 aliphatic rings. The zero-order valence-electron chi connectivity index (χ0n) is 7.92. The van der Waals surface area contributed by atoms with Crippen molar-refractivity contribution in [3.05, 3.63) is 0 Å². The van der Waals surface area contributed by atoms with Crippen LogP contribution in [-0.4, -0.2) is 116 Å². The molecule has 0 rings (SSSR count). The molecule has 9 nitrogen and oxygen atoms in total. The van der Waals surface area contributed by atoms with E-state index in [1.54, 1.807) is 0 Å². The van der Waals surface area contributed by atoms with Crippen molar-refractivity contribution >= 4 is 102 Å². The first-order valence-corrected chi connectivity index (χ1v) is 4.70. The van der Waals surface area contributed by atoms with Crippen LogP contribution in [0.5, 0.6) is 0 Å². The molecule has 0 radical (unpaired) electrons. The Balaban J connectivity index is -0.00000000970. The van der Waals surface area contributed by atoms with E-state index in [9.17, 15) is 0 Å². The Bertz CT molecular complexity index is 141. The third-order valence-electron chi connectivity index (χ3n) is 0. The molecule has 0 bridgehead atoms. The molecule has 0 aromatic carbocycles. The summed E-state index contributed by atoms with van der Waals surface area (Å²) in [6, 6.07) is 0. The molecule has 0 unspecified atom stereocenters. The summed E-state index contributed by atoms with van der Waals surface area (Å²) in [5.41, 5.74) is 0. The molecule has 0 aromatic rings. The second kappa shape index (κ2) is 19.4. The molecule has 0 atom stereocenters. The van der Waals surface area contributed by atoms with Gasteiger partial charge in [0.2, 0.25) is 0 Å². The van der Waals surface area contributed by atoms with Gasteiger partial charge in [-0.15, -0.1) is 0 Å². The van der Waals surface area contributed by atoms with Crippen molar-refractivity contribution < 1.29 is 45.4 Å². The summed E-state index contributed by atoms with van der Waals surface area (Å²) >= 11 is 0. The molecule has 0 aliphatic heterocycles. The Morgan fingerprint density at radius 3 is 0.667 bits per heavy atom. The number of phosphoric acid groups is 2. The second-order valence-electron chi connectivity index (χ2n) is 1.03. The van der Waals surface area contributed by atoms with Crippen LogP contribution < -0.4 is 0 Å². The molecule has 0 saturated carbocycles. The molecule has 15 heteroatoms. The van der Waals surface area contributed by atoms with Crippen molar-refractivity contribution in [3.8, 4) is 0 Å². The molecule has 6 N–H and O–H groups in total. The quantitative estimate of drug-likeness (QED) is 0.192. The Hall–Kier alpha value is 3.01. The topological polar surface area (TPSA) is 184 Å². The minimum atomic E-state index is -4.64. The van der Waals surface area contributed by atoms with Gasteiger partial charge in [-0.1, -0.05) is 0 Å². The van der Waals surface area contributed by atoms with Gasteiger partial charge in [-0.2, -0.15) is 0 Å². The van der Waals surface area contributed by atoms with E-state index >= 15 is 0 Å². The fraction of sp³-hybridized carbons (Fsp3) is 0. The van der Waals surface area contributed by atoms with Gasteiger partial charge >= 0.3 is 86.2 Å². The predicted octanol–water partition coefficient (Wildman–Crippen LogP) is -4.19. The van der Waals surface area contributed by atoms with Crippen LogP contribution in [0.3, 0.4) is 0 Å². The molecule has 0 amide bonds. The van der Waals surface area contributed by atoms with E-state index in [0.717, 1.165) is 0 Å². The first-order valence-electron chi connectivity index (χ1n) is 1.57. The molecule has 0 spiro atoms. The van der Waals surface area contributed by atoms with E-state index in [1.165, 1.54) is 0 Å². The maximum atomic E-state index is 8.88. The van der Waals surface area contributed by atoms with E-state index in [0.29, 0.717) is 0 Å². The molecule has 0 saturated heterocycles. The van der Waals surface area contributed by atoms with E-state index < -0.39 is 15.6 Å². The minimum Gasteiger partial charge on any atom is -2.00 e. The van der Waals surface area contributed by atoms with Crippen molar-refractivity contribution in [2.45, 2.75) is 0 Å². The molecular weight excluding hydrogens is 306 g/mol. The Morgan fingerprint density at radius 2 is 0.667 bits per heavy atom. The van der Waals surface area contributed by atoms with Crippen molar-refractivity contribution in [2.24, 2.45) is 0 Å². The summed E-state index contributed by atoms with van der Waals surface area (Å²) in [5, 5.41) is 0. The molecule has 0 aromatic heterocycles. The van der Waals surface area contributed by atoms with Crippen LogP contribution >= 0.6 is 15.6 Å². The Labute approximate surface area is 146 Å². The fourth-order valence-corrected chi connectivity index (χ4v) is 0. The number of hydrogen-bond donors (Lipinski definition) is 6. The van der Waals surface area contributed by atoms with Gasteiger partial charge in [0.05, 0.1) is 0 Å². The zero-order chi connectivity index (χ0) is 9.00. The summed E-state index contributed by atoms with van der Waals surface area (Å²) in [4.78, 5) is 43.1. The van der Waals surface area contributed by atoms with Crippen LogP contribution in [0.4, 0.5) is 0 Å². The average molecular weight is 316 g/mol. The van der Waals surface area contributed by atoms with Crippen molar-refractivity contribution in [1.82, 2.24) is 0 Å². The molecular formula is H10AlMg3O9P2+5. The summed E-state index contributed by atoms with van der Waals surface area (Å²) in [6.45, 7) is 0. The maximum Gasteiger partial charge on any atom is 2.00 e. The molecule has 0 aliphatic carbocycles. The van der Waals surface area contributed by atoms with Gasteiger partial charge in [-0.05, 0) is 0 Å². The van der Waals surface area contributed by atoms with Crippen molar-refractivity contribution in [3.63, 3.8) is 0 Å². The van der Waals surface area contributed by atoms with Crippen LogP contribution in [0.2, 0.25) is 0 Å². The molecule has 0 fully saturated rings. The second-order valence-corrected chi connectivity index (χ2v) is 3.08. The van der Waals surface area contributed by atoms with Crippen molar-refractivity contribution in [1.29, 1.82) is 0 Å². The van der Waals surface area contributed by atoms with Crippen LogP contribution in [-0.2, 0) is 14.6 Å². The molecule has 78 valence electrons. The Kier molecular flexibility index (Phi) is 55.5. The summed E-state index contributed by atoms with van der Waals surface area (Å²) in [5.74, 6) is 0. The van der Waals surface area contributed by atoms with Gasteiger partial charge in [0.1, 0.15) is 0 Å². The molecule has 15 heavy (non-hydrogen) atoms. The predicted molar refractivity (Wildman–Crippen MR) is 57.5 cm³/mol.